The first-order valence-electron chi connectivity index (χ1n) is 3.55. The largest absolute Gasteiger partial charge is 0.237 e. The van der Waals surface area contributed by atoms with Crippen LogP contribution in [0.3, 0.4) is 0 Å². The smallest absolute Gasteiger partial charge is 0.211 e. The number of rotatable bonds is 2. The van der Waals surface area contributed by atoms with Crippen LogP contribution in [0, 0.1) is 5.41 Å². The molecule has 0 aromatic rings. The van der Waals surface area contributed by atoms with Gasteiger partial charge in [0.05, 0.1) is 0 Å². The van der Waals surface area contributed by atoms with E-state index >= 15 is 0 Å². The van der Waals surface area contributed by atoms with Gasteiger partial charge in [-0.15, -0.1) is 0 Å². The van der Waals surface area contributed by atoms with Gasteiger partial charge in [0, 0.05) is 5.41 Å². The van der Waals surface area contributed by atoms with Crippen molar-refractivity contribution in [2.75, 3.05) is 0 Å². The maximum absolute atomic E-state index is 10.1. The fourth-order valence-electron chi connectivity index (χ4n) is 0.538. The molecule has 0 spiro atoms. The summed E-state index contributed by atoms with van der Waals surface area (Å²) in [6.07, 6.45) is 2.80. The zero-order valence-corrected chi connectivity index (χ0v) is 7.71. The van der Waals surface area contributed by atoms with Gasteiger partial charge in [-0.2, -0.15) is 9.98 Å². The van der Waals surface area contributed by atoms with Gasteiger partial charge in [-0.1, -0.05) is 20.8 Å². The predicted molar refractivity (Wildman–Crippen MR) is 44.1 cm³/mol. The summed E-state index contributed by atoms with van der Waals surface area (Å²) < 4.78 is 0. The Bertz CT molecular complexity index is 235. The molecule has 0 amide bonds. The van der Waals surface area contributed by atoms with Crippen LogP contribution in [0.1, 0.15) is 27.7 Å². The van der Waals surface area contributed by atoms with Gasteiger partial charge < -0.3 is 0 Å². The third kappa shape index (κ3) is 2.12. The molecule has 0 radical (unpaired) electrons. The van der Waals surface area contributed by atoms with Crippen LogP contribution in [0.15, 0.2) is 9.98 Å². The van der Waals surface area contributed by atoms with Crippen molar-refractivity contribution >= 4 is 12.2 Å². The molecule has 0 saturated carbocycles. The molecule has 0 aliphatic carbocycles. The first-order chi connectivity index (χ1) is 5.37. The highest BCUT2D eigenvalue weighted by atomic mass is 16.1. The third-order valence-corrected chi connectivity index (χ3v) is 1.95. The van der Waals surface area contributed by atoms with E-state index in [0.29, 0.717) is 0 Å². The number of hydrogen-bond acceptors (Lipinski definition) is 4. The second kappa shape index (κ2) is 3.44. The maximum Gasteiger partial charge on any atom is 0.237 e. The lowest BCUT2D eigenvalue weighted by atomic mass is 9.82. The van der Waals surface area contributed by atoms with E-state index in [-0.39, 0.29) is 0 Å². The van der Waals surface area contributed by atoms with Gasteiger partial charge in [0.15, 0.2) is 5.66 Å². The van der Waals surface area contributed by atoms with Crippen molar-refractivity contribution in [1.29, 1.82) is 0 Å². The maximum atomic E-state index is 10.1. The second-order valence-electron chi connectivity index (χ2n) is 3.68. The Morgan fingerprint density at radius 2 is 1.25 bits per heavy atom. The van der Waals surface area contributed by atoms with Gasteiger partial charge in [-0.3, -0.25) is 0 Å². The molecule has 4 nitrogen and oxygen atoms in total. The van der Waals surface area contributed by atoms with Crippen molar-refractivity contribution in [1.82, 2.24) is 0 Å². The molecule has 0 aliphatic heterocycles. The number of carbonyl (C=O) groups excluding carboxylic acids is 2. The summed E-state index contributed by atoms with van der Waals surface area (Å²) >= 11 is 0. The molecule has 0 aromatic carbocycles. The number of nitrogens with zero attached hydrogens (tertiary/aromatic N) is 2. The van der Waals surface area contributed by atoms with Crippen molar-refractivity contribution in [2.24, 2.45) is 15.4 Å². The number of aliphatic imine (C=N–C) groups is 2. The van der Waals surface area contributed by atoms with E-state index in [1.54, 1.807) is 6.92 Å². The molecule has 0 rings (SSSR count). The highest BCUT2D eigenvalue weighted by Crippen LogP contribution is 2.33. The summed E-state index contributed by atoms with van der Waals surface area (Å²) in [7, 11) is 0. The SMILES string of the molecule is CC(C)(C)C(C)(N=C=O)N=C=O. The number of isocyanates is 2. The van der Waals surface area contributed by atoms with Crippen LogP contribution in [0.2, 0.25) is 0 Å². The Labute approximate surface area is 71.4 Å². The zero-order valence-electron chi connectivity index (χ0n) is 7.71. The highest BCUT2D eigenvalue weighted by Gasteiger charge is 2.37. The van der Waals surface area contributed by atoms with Gasteiger partial charge >= 0.3 is 0 Å². The van der Waals surface area contributed by atoms with E-state index in [2.05, 4.69) is 9.98 Å². The molecule has 12 heavy (non-hydrogen) atoms. The molecular formula is C8H12N2O2. The van der Waals surface area contributed by atoms with Gasteiger partial charge in [-0.25, -0.2) is 9.59 Å². The normalized spacial score (nSPS) is 15.3. The lowest BCUT2D eigenvalue weighted by Crippen LogP contribution is -2.35. The van der Waals surface area contributed by atoms with Crippen molar-refractivity contribution in [2.45, 2.75) is 33.4 Å². The van der Waals surface area contributed by atoms with E-state index < -0.39 is 11.1 Å². The Morgan fingerprint density at radius 1 is 0.917 bits per heavy atom. The van der Waals surface area contributed by atoms with E-state index in [9.17, 15) is 9.59 Å². The van der Waals surface area contributed by atoms with Crippen molar-refractivity contribution in [3.05, 3.63) is 0 Å². The second-order valence-corrected chi connectivity index (χ2v) is 3.68. The van der Waals surface area contributed by atoms with Crippen LogP contribution in [0.5, 0.6) is 0 Å². The van der Waals surface area contributed by atoms with Crippen LogP contribution in [0.25, 0.3) is 0 Å². The molecule has 0 unspecified atom stereocenters. The van der Waals surface area contributed by atoms with E-state index in [4.69, 9.17) is 0 Å². The lowest BCUT2D eigenvalue weighted by Gasteiger charge is -2.31. The Kier molecular flexibility index (Phi) is 3.08. The van der Waals surface area contributed by atoms with E-state index in [1.807, 2.05) is 20.8 Å². The average Bonchev–Trinajstić information content (AvgIpc) is 1.86. The van der Waals surface area contributed by atoms with Crippen LogP contribution < -0.4 is 0 Å². The molecule has 4 heteroatoms. The van der Waals surface area contributed by atoms with Gasteiger partial charge in [-0.05, 0) is 6.92 Å². The van der Waals surface area contributed by atoms with Crippen molar-refractivity contribution in [3.63, 3.8) is 0 Å². The van der Waals surface area contributed by atoms with Crippen LogP contribution >= 0.6 is 0 Å². The summed E-state index contributed by atoms with van der Waals surface area (Å²) in [6.45, 7) is 7.07. The zero-order chi connectivity index (χ0) is 9.83. The molecular weight excluding hydrogens is 156 g/mol. The molecule has 0 atom stereocenters. The summed E-state index contributed by atoms with van der Waals surface area (Å²) in [4.78, 5) is 27.1. The first kappa shape index (κ1) is 10.8. The van der Waals surface area contributed by atoms with Crippen molar-refractivity contribution < 1.29 is 9.59 Å². The first-order valence-corrected chi connectivity index (χ1v) is 3.55. The Morgan fingerprint density at radius 3 is 1.42 bits per heavy atom. The summed E-state index contributed by atoms with van der Waals surface area (Å²) in [5.41, 5.74) is -1.46. The molecule has 0 bridgehead atoms. The quantitative estimate of drug-likeness (QED) is 0.462. The molecule has 0 saturated heterocycles. The monoisotopic (exact) mass is 168 g/mol. The van der Waals surface area contributed by atoms with Gasteiger partial charge in [0.2, 0.25) is 12.2 Å². The van der Waals surface area contributed by atoms with Gasteiger partial charge in [0.25, 0.3) is 0 Å². The Hall–Kier alpha value is -1.24. The summed E-state index contributed by atoms with van der Waals surface area (Å²) in [6, 6.07) is 0. The van der Waals surface area contributed by atoms with Crippen LogP contribution in [0.4, 0.5) is 0 Å². The molecule has 0 fully saturated rings. The molecule has 66 valence electrons. The van der Waals surface area contributed by atoms with Crippen LogP contribution in [-0.2, 0) is 9.59 Å². The standard InChI is InChI=1S/C8H12N2O2/c1-7(2,3)8(4,9-5-11)10-6-12/h1-4H3. The van der Waals surface area contributed by atoms with Gasteiger partial charge in [0.1, 0.15) is 0 Å². The van der Waals surface area contributed by atoms with E-state index in [1.165, 1.54) is 12.2 Å². The molecule has 0 N–H and O–H groups in total. The fraction of sp³-hybridized carbons (Fsp3) is 0.750. The lowest BCUT2D eigenvalue weighted by molar-refractivity contribution is 0.220. The topological polar surface area (TPSA) is 58.9 Å². The predicted octanol–water partition coefficient (Wildman–Crippen LogP) is 1.42. The van der Waals surface area contributed by atoms with Crippen LogP contribution in [-0.4, -0.2) is 17.8 Å². The van der Waals surface area contributed by atoms with Crippen molar-refractivity contribution in [3.8, 4) is 0 Å². The molecule has 0 aromatic heterocycles. The minimum Gasteiger partial charge on any atom is -0.211 e. The Balaban J connectivity index is 5.13. The summed E-state index contributed by atoms with van der Waals surface area (Å²) in [5, 5.41) is 0. The average molecular weight is 168 g/mol. The minimum atomic E-state index is -1.06. The third-order valence-electron chi connectivity index (χ3n) is 1.95. The fourth-order valence-corrected chi connectivity index (χ4v) is 0.538. The highest BCUT2D eigenvalue weighted by molar-refractivity contribution is 5.39. The molecule has 0 aliphatic rings. The number of hydrogen-bond donors (Lipinski definition) is 0. The van der Waals surface area contributed by atoms with E-state index in [0.717, 1.165) is 0 Å². The molecule has 0 heterocycles. The minimum absolute atomic E-state index is 0.401. The summed E-state index contributed by atoms with van der Waals surface area (Å²) in [5.74, 6) is 0.